The van der Waals surface area contributed by atoms with Crippen molar-refractivity contribution in [2.75, 3.05) is 33.4 Å². The molecule has 2 aromatic rings. The zero-order valence-corrected chi connectivity index (χ0v) is 16.9. The summed E-state index contributed by atoms with van der Waals surface area (Å²) < 4.78 is 42.2. The molecule has 0 bridgehead atoms. The molecule has 0 atom stereocenters. The van der Waals surface area contributed by atoms with Gasteiger partial charge in [0.15, 0.2) is 0 Å². The van der Waals surface area contributed by atoms with Crippen LogP contribution in [-0.4, -0.2) is 58.1 Å². The average molecular weight is 419 g/mol. The number of carbonyl (C=O) groups excluding carboxylic acids is 2. The van der Waals surface area contributed by atoms with Crippen LogP contribution in [0.5, 0.6) is 5.75 Å². The Balaban J connectivity index is 1.86. The van der Waals surface area contributed by atoms with E-state index in [1.165, 1.54) is 41.7 Å². The summed E-state index contributed by atoms with van der Waals surface area (Å²) >= 11 is 0. The van der Waals surface area contributed by atoms with Crippen LogP contribution in [0.4, 0.5) is 0 Å². The van der Waals surface area contributed by atoms with E-state index in [1.54, 1.807) is 19.1 Å². The minimum atomic E-state index is -3.74. The van der Waals surface area contributed by atoms with Crippen molar-refractivity contribution in [1.82, 2.24) is 4.31 Å². The van der Waals surface area contributed by atoms with Crippen LogP contribution < -0.4 is 4.74 Å². The van der Waals surface area contributed by atoms with Gasteiger partial charge in [-0.05, 0) is 42.8 Å². The Hall–Kier alpha value is -2.75. The van der Waals surface area contributed by atoms with E-state index in [0.717, 1.165) is 0 Å². The minimum Gasteiger partial charge on any atom is -0.465 e. The number of sulfonamides is 1. The van der Waals surface area contributed by atoms with Crippen LogP contribution in [0.25, 0.3) is 0 Å². The van der Waals surface area contributed by atoms with Crippen LogP contribution in [0.15, 0.2) is 47.4 Å². The Bertz CT molecular complexity index is 1030. The molecule has 0 aliphatic carbocycles. The largest absolute Gasteiger partial charge is 0.465 e. The molecule has 0 amide bonds. The smallest absolute Gasteiger partial charge is 0.343 e. The topological polar surface area (TPSA) is 99.2 Å². The van der Waals surface area contributed by atoms with Gasteiger partial charge in [-0.1, -0.05) is 12.1 Å². The third kappa shape index (κ3) is 4.64. The molecule has 0 N–H and O–H groups in total. The summed E-state index contributed by atoms with van der Waals surface area (Å²) in [6.45, 7) is 2.87. The van der Waals surface area contributed by atoms with Crippen molar-refractivity contribution in [1.29, 1.82) is 0 Å². The maximum Gasteiger partial charge on any atom is 0.343 e. The van der Waals surface area contributed by atoms with E-state index in [4.69, 9.17) is 9.47 Å². The summed E-state index contributed by atoms with van der Waals surface area (Å²) in [6.07, 6.45) is 0. The Morgan fingerprint density at radius 3 is 2.45 bits per heavy atom. The molecule has 9 heteroatoms. The van der Waals surface area contributed by atoms with Crippen LogP contribution in [-0.2, 0) is 19.5 Å². The second-order valence-corrected chi connectivity index (χ2v) is 8.34. The Labute approximate surface area is 169 Å². The molecule has 0 spiro atoms. The van der Waals surface area contributed by atoms with Crippen LogP contribution in [0.3, 0.4) is 0 Å². The van der Waals surface area contributed by atoms with E-state index < -0.39 is 22.0 Å². The van der Waals surface area contributed by atoms with Gasteiger partial charge in [-0.15, -0.1) is 0 Å². The first-order valence-corrected chi connectivity index (χ1v) is 10.4. The Morgan fingerprint density at radius 2 is 1.76 bits per heavy atom. The van der Waals surface area contributed by atoms with E-state index >= 15 is 0 Å². The van der Waals surface area contributed by atoms with Crippen LogP contribution in [0.2, 0.25) is 0 Å². The second kappa shape index (κ2) is 8.73. The van der Waals surface area contributed by atoms with Gasteiger partial charge in [0.2, 0.25) is 10.0 Å². The first-order chi connectivity index (χ1) is 13.8. The molecule has 1 fully saturated rings. The number of nitrogens with zero attached hydrogens (tertiary/aromatic N) is 1. The maximum absolute atomic E-state index is 12.9. The highest BCUT2D eigenvalue weighted by Crippen LogP contribution is 2.22. The van der Waals surface area contributed by atoms with Crippen molar-refractivity contribution in [3.8, 4) is 5.75 Å². The number of aryl methyl sites for hydroxylation is 1. The number of esters is 2. The third-order valence-corrected chi connectivity index (χ3v) is 6.40. The highest BCUT2D eigenvalue weighted by molar-refractivity contribution is 7.89. The quantitative estimate of drug-likeness (QED) is 0.540. The molecule has 0 unspecified atom stereocenters. The van der Waals surface area contributed by atoms with Gasteiger partial charge in [-0.25, -0.2) is 18.0 Å². The van der Waals surface area contributed by atoms with Gasteiger partial charge >= 0.3 is 11.9 Å². The van der Waals surface area contributed by atoms with Gasteiger partial charge < -0.3 is 14.2 Å². The summed E-state index contributed by atoms with van der Waals surface area (Å²) in [6, 6.07) is 10.3. The van der Waals surface area contributed by atoms with Crippen molar-refractivity contribution in [2.24, 2.45) is 0 Å². The molecule has 0 aromatic heterocycles. The van der Waals surface area contributed by atoms with Gasteiger partial charge in [0, 0.05) is 13.1 Å². The second-order valence-electron chi connectivity index (χ2n) is 6.40. The van der Waals surface area contributed by atoms with E-state index in [0.29, 0.717) is 18.8 Å². The van der Waals surface area contributed by atoms with Gasteiger partial charge in [-0.3, -0.25) is 0 Å². The number of morpholine rings is 1. The molecule has 29 heavy (non-hydrogen) atoms. The monoisotopic (exact) mass is 419 g/mol. The first-order valence-electron chi connectivity index (χ1n) is 8.92. The Morgan fingerprint density at radius 1 is 1.03 bits per heavy atom. The number of methoxy groups -OCH3 is 1. The van der Waals surface area contributed by atoms with E-state index in [9.17, 15) is 18.0 Å². The summed E-state index contributed by atoms with van der Waals surface area (Å²) in [5, 5.41) is 0. The summed E-state index contributed by atoms with van der Waals surface area (Å²) in [5.74, 6) is -1.13. The predicted octanol–water partition coefficient (Wildman–Crippen LogP) is 2.02. The summed E-state index contributed by atoms with van der Waals surface area (Å²) in [7, 11) is -2.49. The molecule has 0 radical (unpaired) electrons. The molecule has 8 nitrogen and oxygen atoms in total. The first kappa shape index (κ1) is 21.0. The lowest BCUT2D eigenvalue weighted by Crippen LogP contribution is -2.40. The highest BCUT2D eigenvalue weighted by atomic mass is 32.2. The van der Waals surface area contributed by atoms with Crippen molar-refractivity contribution in [3.05, 3.63) is 59.2 Å². The summed E-state index contributed by atoms with van der Waals surface area (Å²) in [5.41, 5.74) is 0.932. The van der Waals surface area contributed by atoms with Crippen molar-refractivity contribution < 1.29 is 32.2 Å². The van der Waals surface area contributed by atoms with Gasteiger partial charge in [0.1, 0.15) is 5.75 Å². The lowest BCUT2D eigenvalue weighted by atomic mass is 10.1. The minimum absolute atomic E-state index is 0.0141. The van der Waals surface area contributed by atoms with E-state index in [1.807, 2.05) is 0 Å². The normalized spacial score (nSPS) is 15.0. The molecular formula is C20H21NO7S. The van der Waals surface area contributed by atoms with Crippen molar-refractivity contribution in [2.45, 2.75) is 11.8 Å². The molecule has 0 saturated carbocycles. The molecule has 1 saturated heterocycles. The lowest BCUT2D eigenvalue weighted by molar-refractivity contribution is 0.0597. The predicted molar refractivity (Wildman–Crippen MR) is 103 cm³/mol. The molecular weight excluding hydrogens is 398 g/mol. The molecule has 3 rings (SSSR count). The number of ether oxygens (including phenoxy) is 3. The number of carbonyl (C=O) groups is 2. The molecule has 1 aliphatic rings. The zero-order chi connectivity index (χ0) is 21.0. The van der Waals surface area contributed by atoms with Gasteiger partial charge in [0.25, 0.3) is 0 Å². The fourth-order valence-corrected chi connectivity index (χ4v) is 4.32. The van der Waals surface area contributed by atoms with Gasteiger partial charge in [0.05, 0.1) is 36.3 Å². The summed E-state index contributed by atoms with van der Waals surface area (Å²) in [4.78, 5) is 24.3. The fraction of sp³-hybridized carbons (Fsp3) is 0.300. The highest BCUT2D eigenvalue weighted by Gasteiger charge is 2.27. The number of hydrogen-bond acceptors (Lipinski definition) is 7. The average Bonchev–Trinajstić information content (AvgIpc) is 2.74. The zero-order valence-electron chi connectivity index (χ0n) is 16.1. The van der Waals surface area contributed by atoms with E-state index in [-0.39, 0.29) is 34.9 Å². The molecule has 2 aromatic carbocycles. The SMILES string of the molecule is COC(=O)c1cccc(OC(=O)c2cc(S(=O)(=O)N3CCOCC3)ccc2C)c1. The number of hydrogen-bond donors (Lipinski definition) is 0. The van der Waals surface area contributed by atoms with Crippen LogP contribution in [0.1, 0.15) is 26.3 Å². The lowest BCUT2D eigenvalue weighted by Gasteiger charge is -2.26. The van der Waals surface area contributed by atoms with Crippen molar-refractivity contribution >= 4 is 22.0 Å². The number of rotatable bonds is 5. The standard InChI is InChI=1S/C20H21NO7S/c1-14-6-7-17(29(24,25)21-8-10-27-11-9-21)13-18(14)20(23)28-16-5-3-4-15(12-16)19(22)26-2/h3-7,12-13H,8-11H2,1-2H3. The van der Waals surface area contributed by atoms with Crippen molar-refractivity contribution in [3.63, 3.8) is 0 Å². The molecule has 1 aliphatic heterocycles. The number of benzene rings is 2. The third-order valence-electron chi connectivity index (χ3n) is 4.50. The fourth-order valence-electron chi connectivity index (χ4n) is 2.88. The van der Waals surface area contributed by atoms with Gasteiger partial charge in [-0.2, -0.15) is 4.31 Å². The molecule has 154 valence electrons. The van der Waals surface area contributed by atoms with Crippen LogP contribution in [0, 0.1) is 6.92 Å². The van der Waals surface area contributed by atoms with Crippen LogP contribution >= 0.6 is 0 Å². The molecule has 1 heterocycles. The van der Waals surface area contributed by atoms with E-state index in [2.05, 4.69) is 4.74 Å². The maximum atomic E-state index is 12.9. The Kier molecular flexibility index (Phi) is 6.31.